The molecule has 2 atom stereocenters. The van der Waals surface area contributed by atoms with Crippen LogP contribution in [-0.2, 0) is 19.2 Å². The Morgan fingerprint density at radius 3 is 2.46 bits per heavy atom. The average molecular weight is 370 g/mol. The maximum Gasteiger partial charge on any atom is 0.329 e. The van der Waals surface area contributed by atoms with E-state index >= 15 is 0 Å². The number of H-pyrrole nitrogens is 1. The molecule has 0 spiro atoms. The van der Waals surface area contributed by atoms with Gasteiger partial charge in [-0.2, -0.15) is 0 Å². The first-order chi connectivity index (χ1) is 12.4. The number of nitrogens with one attached hydrogen (secondary N) is 1. The molecular weight excluding hydrogens is 352 g/mol. The van der Waals surface area contributed by atoms with Crippen molar-refractivity contribution in [3.63, 3.8) is 0 Å². The monoisotopic (exact) mass is 370 g/mol. The second-order valence-corrected chi connectivity index (χ2v) is 6.86. The summed E-state index contributed by atoms with van der Waals surface area (Å²) in [4.78, 5) is 31.8. The molecule has 3 rings (SSSR count). The van der Waals surface area contributed by atoms with Crippen LogP contribution in [0.4, 0.5) is 0 Å². The lowest BCUT2D eigenvalue weighted by atomic mass is 9.72. The number of aromatic nitrogens is 2. The van der Waals surface area contributed by atoms with Gasteiger partial charge < -0.3 is 14.3 Å². The second-order valence-electron chi connectivity index (χ2n) is 6.14. The zero-order valence-corrected chi connectivity index (χ0v) is 15.1. The standard InChI is InChI=1S/C19H18N2O4S/c1-12(16(22)23)19(2,13-8-4-3-5-9-13)17(24)25-26-18-20-14-10-6-7-11-15(14)21-18/h3-12H,1-2H3,(H,20,21)(H,22,23). The summed E-state index contributed by atoms with van der Waals surface area (Å²) in [6.07, 6.45) is 0. The highest BCUT2D eigenvalue weighted by atomic mass is 32.2. The molecule has 1 heterocycles. The Morgan fingerprint density at radius 2 is 1.81 bits per heavy atom. The number of carbonyl (C=O) groups is 2. The summed E-state index contributed by atoms with van der Waals surface area (Å²) in [7, 11) is 0. The van der Waals surface area contributed by atoms with E-state index < -0.39 is 23.3 Å². The van der Waals surface area contributed by atoms with Gasteiger partial charge in [-0.1, -0.05) is 49.4 Å². The third kappa shape index (κ3) is 3.30. The SMILES string of the molecule is CC(C(=O)O)C(C)(C(=O)OSc1nc2ccccc2[nH]1)c1ccccc1. The third-order valence-electron chi connectivity index (χ3n) is 4.60. The number of carboxylic acid groups (broad SMARTS) is 1. The van der Waals surface area contributed by atoms with Crippen LogP contribution < -0.4 is 0 Å². The van der Waals surface area contributed by atoms with Crippen molar-refractivity contribution in [3.8, 4) is 0 Å². The van der Waals surface area contributed by atoms with E-state index in [1.165, 1.54) is 6.92 Å². The molecule has 0 fully saturated rings. The molecule has 0 aliphatic carbocycles. The fourth-order valence-corrected chi connectivity index (χ4v) is 3.32. The van der Waals surface area contributed by atoms with E-state index in [2.05, 4.69) is 9.97 Å². The molecule has 0 aliphatic rings. The maximum absolute atomic E-state index is 12.9. The average Bonchev–Trinajstić information content (AvgIpc) is 3.08. The number of para-hydroxylation sites is 2. The third-order valence-corrected chi connectivity index (χ3v) is 5.18. The van der Waals surface area contributed by atoms with Gasteiger partial charge in [0.05, 0.1) is 17.0 Å². The highest BCUT2D eigenvalue weighted by molar-refractivity contribution is 7.94. The van der Waals surface area contributed by atoms with Gasteiger partial charge in [0.1, 0.15) is 17.5 Å². The number of carboxylic acids is 1. The maximum atomic E-state index is 12.9. The van der Waals surface area contributed by atoms with Gasteiger partial charge in [0, 0.05) is 0 Å². The smallest absolute Gasteiger partial charge is 0.329 e. The highest BCUT2D eigenvalue weighted by Crippen LogP contribution is 2.36. The van der Waals surface area contributed by atoms with Crippen molar-refractivity contribution >= 4 is 35.0 Å². The van der Waals surface area contributed by atoms with Crippen LogP contribution in [0.5, 0.6) is 0 Å². The Morgan fingerprint density at radius 1 is 1.15 bits per heavy atom. The van der Waals surface area contributed by atoms with Gasteiger partial charge in [-0.25, -0.2) is 4.98 Å². The number of hydrogen-bond donors (Lipinski definition) is 2. The number of rotatable bonds is 6. The van der Waals surface area contributed by atoms with Crippen LogP contribution in [0.3, 0.4) is 0 Å². The molecule has 2 N–H and O–H groups in total. The van der Waals surface area contributed by atoms with Gasteiger partial charge in [-0.15, -0.1) is 0 Å². The summed E-state index contributed by atoms with van der Waals surface area (Å²) >= 11 is 0.796. The number of fused-ring (bicyclic) bond motifs is 1. The normalized spacial score (nSPS) is 14.5. The molecule has 0 saturated heterocycles. The van der Waals surface area contributed by atoms with Gasteiger partial charge in [0.2, 0.25) is 5.16 Å². The number of aliphatic carboxylic acids is 1. The topological polar surface area (TPSA) is 92.3 Å². The van der Waals surface area contributed by atoms with Gasteiger partial charge in [0.15, 0.2) is 0 Å². The van der Waals surface area contributed by atoms with Crippen molar-refractivity contribution in [1.29, 1.82) is 0 Å². The first-order valence-corrected chi connectivity index (χ1v) is 8.79. The van der Waals surface area contributed by atoms with Crippen LogP contribution in [0.25, 0.3) is 11.0 Å². The van der Waals surface area contributed by atoms with Crippen LogP contribution >= 0.6 is 12.0 Å². The van der Waals surface area contributed by atoms with Crippen LogP contribution in [-0.4, -0.2) is 27.0 Å². The summed E-state index contributed by atoms with van der Waals surface area (Å²) in [6.45, 7) is 3.09. The molecule has 26 heavy (non-hydrogen) atoms. The number of imidazole rings is 1. The van der Waals surface area contributed by atoms with Gasteiger partial charge in [0.25, 0.3) is 0 Å². The second kappa shape index (κ2) is 7.21. The van der Waals surface area contributed by atoms with E-state index in [1.807, 2.05) is 30.3 Å². The number of carbonyl (C=O) groups excluding carboxylic acids is 1. The van der Waals surface area contributed by atoms with Crippen LogP contribution in [0, 0.1) is 5.92 Å². The van der Waals surface area contributed by atoms with Crippen LogP contribution in [0.1, 0.15) is 19.4 Å². The minimum Gasteiger partial charge on any atom is -0.481 e. The summed E-state index contributed by atoms with van der Waals surface area (Å²) in [5.74, 6) is -2.67. The molecule has 2 aromatic carbocycles. The van der Waals surface area contributed by atoms with Crippen LogP contribution in [0.15, 0.2) is 59.8 Å². The lowest BCUT2D eigenvalue weighted by molar-refractivity contribution is -0.152. The van der Waals surface area contributed by atoms with Crippen molar-refractivity contribution in [2.24, 2.45) is 5.92 Å². The van der Waals surface area contributed by atoms with Crippen LogP contribution in [0.2, 0.25) is 0 Å². The lowest BCUT2D eigenvalue weighted by Gasteiger charge is -2.30. The van der Waals surface area contributed by atoms with Crippen molar-refractivity contribution < 1.29 is 18.9 Å². The van der Waals surface area contributed by atoms with Gasteiger partial charge in [-0.05, 0) is 24.6 Å². The number of aromatic amines is 1. The van der Waals surface area contributed by atoms with Gasteiger partial charge >= 0.3 is 11.9 Å². The zero-order chi connectivity index (χ0) is 18.7. The van der Waals surface area contributed by atoms with E-state index in [4.69, 9.17) is 4.18 Å². The van der Waals surface area contributed by atoms with Crippen molar-refractivity contribution in [3.05, 3.63) is 60.2 Å². The highest BCUT2D eigenvalue weighted by Gasteiger charge is 2.46. The molecule has 0 amide bonds. The summed E-state index contributed by atoms with van der Waals surface area (Å²) in [5, 5.41) is 9.90. The number of hydrogen-bond acceptors (Lipinski definition) is 5. The molecule has 0 aliphatic heterocycles. The molecule has 6 nitrogen and oxygen atoms in total. The van der Waals surface area contributed by atoms with Crippen molar-refractivity contribution in [2.75, 3.05) is 0 Å². The largest absolute Gasteiger partial charge is 0.481 e. The quantitative estimate of drug-likeness (QED) is 0.641. The summed E-state index contributed by atoms with van der Waals surface area (Å²) < 4.78 is 5.37. The Labute approximate surface area is 154 Å². The summed E-state index contributed by atoms with van der Waals surface area (Å²) in [5.41, 5.74) is 0.850. The Bertz CT molecular complexity index is 908. The van der Waals surface area contributed by atoms with E-state index in [0.717, 1.165) is 23.1 Å². The molecule has 7 heteroatoms. The molecule has 3 aromatic rings. The molecule has 134 valence electrons. The summed E-state index contributed by atoms with van der Waals surface area (Å²) in [6, 6.07) is 16.3. The Hall–Kier alpha value is -2.80. The predicted octanol–water partition coefficient (Wildman–Crippen LogP) is 3.79. The minimum atomic E-state index is -1.33. The van der Waals surface area contributed by atoms with E-state index in [9.17, 15) is 14.7 Å². The predicted molar refractivity (Wildman–Crippen MR) is 98.6 cm³/mol. The molecular formula is C19H18N2O4S. The minimum absolute atomic E-state index is 0.429. The number of benzene rings is 2. The molecule has 0 radical (unpaired) electrons. The van der Waals surface area contributed by atoms with Crippen molar-refractivity contribution in [1.82, 2.24) is 9.97 Å². The molecule has 1 aromatic heterocycles. The van der Waals surface area contributed by atoms with Gasteiger partial charge in [-0.3, -0.25) is 9.59 Å². The molecule has 0 bridgehead atoms. The Kier molecular flexibility index (Phi) is 4.99. The van der Waals surface area contributed by atoms with E-state index in [1.54, 1.807) is 31.2 Å². The van der Waals surface area contributed by atoms with E-state index in [-0.39, 0.29) is 0 Å². The molecule has 0 saturated carbocycles. The fraction of sp³-hybridized carbons (Fsp3) is 0.211. The molecule has 2 unspecified atom stereocenters. The Balaban J connectivity index is 1.84. The fourth-order valence-electron chi connectivity index (χ4n) is 2.71. The first-order valence-electron chi connectivity index (χ1n) is 8.05. The first kappa shape index (κ1) is 18.0. The zero-order valence-electron chi connectivity index (χ0n) is 14.3. The van der Waals surface area contributed by atoms with E-state index in [0.29, 0.717) is 10.7 Å². The van der Waals surface area contributed by atoms with Crippen molar-refractivity contribution in [2.45, 2.75) is 24.4 Å². The number of nitrogens with zero attached hydrogens (tertiary/aromatic N) is 1. The lowest BCUT2D eigenvalue weighted by Crippen LogP contribution is -2.43.